The zero-order valence-electron chi connectivity index (χ0n) is 8.37. The van der Waals surface area contributed by atoms with E-state index >= 15 is 0 Å². The van der Waals surface area contributed by atoms with Crippen LogP contribution in [0, 0.1) is 3.57 Å². The van der Waals surface area contributed by atoms with E-state index in [1.54, 1.807) is 6.92 Å². The molecule has 0 saturated carbocycles. The third-order valence-corrected chi connectivity index (χ3v) is 2.92. The maximum absolute atomic E-state index is 11.3. The highest BCUT2D eigenvalue weighted by molar-refractivity contribution is 14.1. The zero-order valence-corrected chi connectivity index (χ0v) is 11.3. The lowest BCUT2D eigenvalue weighted by molar-refractivity contribution is -0.142. The molecule has 15 heavy (non-hydrogen) atoms. The summed E-state index contributed by atoms with van der Waals surface area (Å²) in [6, 6.07) is 7.92. The van der Waals surface area contributed by atoms with Gasteiger partial charge in [0.25, 0.3) is 0 Å². The van der Waals surface area contributed by atoms with Crippen LogP contribution in [0.5, 0.6) is 0 Å². The second kappa shape index (κ2) is 6.33. The summed E-state index contributed by atoms with van der Waals surface area (Å²) in [5, 5.41) is -0.593. The van der Waals surface area contributed by atoms with Gasteiger partial charge in [0, 0.05) is 3.57 Å². The number of halogens is 2. The first kappa shape index (κ1) is 12.8. The van der Waals surface area contributed by atoms with Crippen molar-refractivity contribution in [1.82, 2.24) is 0 Å². The largest absolute Gasteiger partial charge is 0.465 e. The SMILES string of the molecule is CCOC(=O)C(Cl)Cc1ccc(I)cc1. The standard InChI is InChI=1S/C11H12ClIO2/c1-2-15-11(14)10(12)7-8-3-5-9(13)6-4-8/h3-6,10H,2,7H2,1H3. The van der Waals surface area contributed by atoms with Gasteiger partial charge in [-0.1, -0.05) is 12.1 Å². The van der Waals surface area contributed by atoms with Crippen molar-refractivity contribution in [2.45, 2.75) is 18.7 Å². The minimum Gasteiger partial charge on any atom is -0.465 e. The van der Waals surface area contributed by atoms with Crippen LogP contribution in [-0.4, -0.2) is 18.0 Å². The van der Waals surface area contributed by atoms with E-state index in [9.17, 15) is 4.79 Å². The van der Waals surface area contributed by atoms with Gasteiger partial charge in [0.2, 0.25) is 0 Å². The molecule has 0 spiro atoms. The van der Waals surface area contributed by atoms with E-state index in [1.807, 2.05) is 24.3 Å². The Kier molecular flexibility index (Phi) is 5.39. The predicted octanol–water partition coefficient (Wildman–Crippen LogP) is 3.00. The van der Waals surface area contributed by atoms with Crippen LogP contribution in [0.15, 0.2) is 24.3 Å². The van der Waals surface area contributed by atoms with Gasteiger partial charge >= 0.3 is 5.97 Å². The maximum Gasteiger partial charge on any atom is 0.324 e. The number of rotatable bonds is 4. The smallest absolute Gasteiger partial charge is 0.324 e. The molecule has 1 aromatic carbocycles. The number of hydrogen-bond donors (Lipinski definition) is 0. The van der Waals surface area contributed by atoms with E-state index in [4.69, 9.17) is 16.3 Å². The Balaban J connectivity index is 2.54. The van der Waals surface area contributed by atoms with Gasteiger partial charge in [0.15, 0.2) is 0 Å². The first-order valence-electron chi connectivity index (χ1n) is 4.68. The Morgan fingerprint density at radius 3 is 2.60 bits per heavy atom. The normalized spacial score (nSPS) is 12.2. The Morgan fingerprint density at radius 1 is 1.47 bits per heavy atom. The van der Waals surface area contributed by atoms with E-state index in [1.165, 1.54) is 3.57 Å². The van der Waals surface area contributed by atoms with Gasteiger partial charge in [-0.2, -0.15) is 0 Å². The Labute approximate surface area is 108 Å². The molecule has 0 radical (unpaired) electrons. The molecule has 0 heterocycles. The summed E-state index contributed by atoms with van der Waals surface area (Å²) >= 11 is 8.14. The minimum absolute atomic E-state index is 0.349. The molecule has 0 bridgehead atoms. The molecule has 0 aromatic heterocycles. The predicted molar refractivity (Wildman–Crippen MR) is 69.1 cm³/mol. The van der Waals surface area contributed by atoms with Crippen LogP contribution in [-0.2, 0) is 16.0 Å². The van der Waals surface area contributed by atoms with Crippen molar-refractivity contribution in [3.05, 3.63) is 33.4 Å². The van der Waals surface area contributed by atoms with Crippen molar-refractivity contribution >= 4 is 40.2 Å². The molecule has 2 nitrogen and oxygen atoms in total. The lowest BCUT2D eigenvalue weighted by Gasteiger charge is -2.08. The highest BCUT2D eigenvalue weighted by Crippen LogP contribution is 2.12. The van der Waals surface area contributed by atoms with Gasteiger partial charge in [0.1, 0.15) is 5.38 Å². The molecule has 0 N–H and O–H groups in total. The molecule has 82 valence electrons. The minimum atomic E-state index is -0.593. The number of carbonyl (C=O) groups excluding carboxylic acids is 1. The lowest BCUT2D eigenvalue weighted by atomic mass is 10.1. The molecule has 1 atom stereocenters. The Morgan fingerprint density at radius 2 is 2.07 bits per heavy atom. The van der Waals surface area contributed by atoms with Crippen LogP contribution in [0.4, 0.5) is 0 Å². The molecule has 0 saturated heterocycles. The van der Waals surface area contributed by atoms with E-state index < -0.39 is 5.38 Å². The maximum atomic E-state index is 11.3. The van der Waals surface area contributed by atoms with Crippen LogP contribution in [0.3, 0.4) is 0 Å². The first-order chi connectivity index (χ1) is 7.13. The second-order valence-electron chi connectivity index (χ2n) is 3.05. The molecule has 1 unspecified atom stereocenters. The second-order valence-corrected chi connectivity index (χ2v) is 4.82. The number of alkyl halides is 1. The highest BCUT2D eigenvalue weighted by atomic mass is 127. The fourth-order valence-corrected chi connectivity index (χ4v) is 1.74. The van der Waals surface area contributed by atoms with Crippen LogP contribution >= 0.6 is 34.2 Å². The molecular formula is C11H12ClIO2. The average molecular weight is 339 g/mol. The van der Waals surface area contributed by atoms with Crippen LogP contribution < -0.4 is 0 Å². The topological polar surface area (TPSA) is 26.3 Å². The summed E-state index contributed by atoms with van der Waals surface area (Å²) in [6.07, 6.45) is 0.511. The van der Waals surface area contributed by atoms with E-state index in [-0.39, 0.29) is 5.97 Å². The van der Waals surface area contributed by atoms with Gasteiger partial charge in [0.05, 0.1) is 6.61 Å². The summed E-state index contributed by atoms with van der Waals surface area (Å²) in [5.74, 6) is -0.349. The first-order valence-corrected chi connectivity index (χ1v) is 6.20. The molecule has 0 amide bonds. The van der Waals surface area contributed by atoms with Crippen molar-refractivity contribution in [2.75, 3.05) is 6.61 Å². The number of hydrogen-bond acceptors (Lipinski definition) is 2. The summed E-state index contributed by atoms with van der Waals surface area (Å²) in [4.78, 5) is 11.3. The molecule has 0 aliphatic rings. The fraction of sp³-hybridized carbons (Fsp3) is 0.364. The Bertz CT molecular complexity index is 324. The highest BCUT2D eigenvalue weighted by Gasteiger charge is 2.16. The average Bonchev–Trinajstić information content (AvgIpc) is 2.22. The summed E-state index contributed by atoms with van der Waals surface area (Å²) in [7, 11) is 0. The monoisotopic (exact) mass is 338 g/mol. The molecule has 4 heteroatoms. The summed E-state index contributed by atoms with van der Waals surface area (Å²) < 4.78 is 5.99. The van der Waals surface area contributed by atoms with Gasteiger partial charge in [-0.15, -0.1) is 11.6 Å². The van der Waals surface area contributed by atoms with E-state index in [0.717, 1.165) is 5.56 Å². The van der Waals surface area contributed by atoms with E-state index in [2.05, 4.69) is 22.6 Å². The van der Waals surface area contributed by atoms with Gasteiger partial charge < -0.3 is 4.74 Å². The van der Waals surface area contributed by atoms with Gasteiger partial charge in [-0.05, 0) is 53.6 Å². The fourth-order valence-electron chi connectivity index (χ4n) is 1.14. The van der Waals surface area contributed by atoms with Crippen LogP contribution in [0.2, 0.25) is 0 Å². The Hall–Kier alpha value is -0.290. The number of ether oxygens (including phenoxy) is 1. The number of carbonyl (C=O) groups is 1. The van der Waals surface area contributed by atoms with Crippen molar-refractivity contribution in [3.63, 3.8) is 0 Å². The van der Waals surface area contributed by atoms with Crippen molar-refractivity contribution in [3.8, 4) is 0 Å². The van der Waals surface area contributed by atoms with Crippen LogP contribution in [0.1, 0.15) is 12.5 Å². The molecule has 1 rings (SSSR count). The number of benzene rings is 1. The van der Waals surface area contributed by atoms with Crippen molar-refractivity contribution < 1.29 is 9.53 Å². The molecule has 0 fully saturated rings. The summed E-state index contributed by atoms with van der Waals surface area (Å²) in [5.41, 5.74) is 1.04. The quantitative estimate of drug-likeness (QED) is 0.479. The third kappa shape index (κ3) is 4.38. The van der Waals surface area contributed by atoms with Crippen LogP contribution in [0.25, 0.3) is 0 Å². The lowest BCUT2D eigenvalue weighted by Crippen LogP contribution is -2.20. The third-order valence-electron chi connectivity index (χ3n) is 1.87. The molecule has 1 aromatic rings. The van der Waals surface area contributed by atoms with Crippen molar-refractivity contribution in [1.29, 1.82) is 0 Å². The number of esters is 1. The molecular weight excluding hydrogens is 326 g/mol. The zero-order chi connectivity index (χ0) is 11.3. The molecule has 0 aliphatic heterocycles. The van der Waals surface area contributed by atoms with Crippen molar-refractivity contribution in [2.24, 2.45) is 0 Å². The van der Waals surface area contributed by atoms with E-state index in [0.29, 0.717) is 13.0 Å². The van der Waals surface area contributed by atoms with Gasteiger partial charge in [-0.3, -0.25) is 4.79 Å². The summed E-state index contributed by atoms with van der Waals surface area (Å²) in [6.45, 7) is 2.14. The van der Waals surface area contributed by atoms with Gasteiger partial charge in [-0.25, -0.2) is 0 Å². The molecule has 0 aliphatic carbocycles.